The van der Waals surface area contributed by atoms with E-state index in [0.29, 0.717) is 18.8 Å². The number of nitrogens with one attached hydrogen (secondary N) is 1. The predicted octanol–water partition coefficient (Wildman–Crippen LogP) is 1.07. The maximum absolute atomic E-state index is 13.1. The summed E-state index contributed by atoms with van der Waals surface area (Å²) in [5.41, 5.74) is 0.772. The van der Waals surface area contributed by atoms with Gasteiger partial charge in [-0.15, -0.1) is 0 Å². The minimum Gasteiger partial charge on any atom is -0.489 e. The number of pyridine rings is 1. The predicted molar refractivity (Wildman–Crippen MR) is 102 cm³/mol. The fourth-order valence-electron chi connectivity index (χ4n) is 3.39. The molecule has 0 radical (unpaired) electrons. The van der Waals surface area contributed by atoms with Gasteiger partial charge in [0, 0.05) is 18.9 Å². The van der Waals surface area contributed by atoms with E-state index in [1.165, 1.54) is 36.7 Å². The van der Waals surface area contributed by atoms with Gasteiger partial charge in [0.1, 0.15) is 18.4 Å². The first-order chi connectivity index (χ1) is 13.8. The van der Waals surface area contributed by atoms with Crippen molar-refractivity contribution in [2.75, 3.05) is 6.54 Å². The third kappa shape index (κ3) is 4.56. The van der Waals surface area contributed by atoms with Crippen molar-refractivity contribution in [2.45, 2.75) is 42.9 Å². The number of rotatable bonds is 6. The average molecular weight is 421 g/mol. The van der Waals surface area contributed by atoms with Crippen LogP contribution in [0.2, 0.25) is 0 Å². The Morgan fingerprint density at radius 1 is 1.28 bits per heavy atom. The van der Waals surface area contributed by atoms with Gasteiger partial charge in [-0.3, -0.25) is 15.0 Å². The molecule has 3 N–H and O–H groups in total. The Morgan fingerprint density at radius 2 is 1.93 bits per heavy atom. The molecule has 0 saturated carbocycles. The smallest absolute Gasteiger partial charge is 0.264 e. The maximum atomic E-state index is 13.1. The number of piperidine rings is 1. The molecule has 1 aliphatic heterocycles. The summed E-state index contributed by atoms with van der Waals surface area (Å²) in [7, 11) is -4.08. The van der Waals surface area contributed by atoms with Crippen molar-refractivity contribution in [2.24, 2.45) is 0 Å². The molecule has 1 aromatic heterocycles. The summed E-state index contributed by atoms with van der Waals surface area (Å²) in [6.07, 6.45) is 3.93. The number of aromatic nitrogens is 1. The minimum atomic E-state index is -4.08. The van der Waals surface area contributed by atoms with E-state index in [1.807, 2.05) is 12.1 Å². The molecule has 156 valence electrons. The fraction of sp³-hybridized carbons (Fsp3) is 0.368. The highest BCUT2D eigenvalue weighted by atomic mass is 32.2. The maximum Gasteiger partial charge on any atom is 0.264 e. The van der Waals surface area contributed by atoms with Gasteiger partial charge in [-0.25, -0.2) is 13.9 Å². The molecule has 0 aliphatic carbocycles. The SMILES string of the molecule is CC1(O)CCCN(S(=O)(=O)c2ccc(OCc3ccncc3)cc2)[C@@H]1C(=O)NO. The van der Waals surface area contributed by atoms with Crippen LogP contribution in [0.5, 0.6) is 5.75 Å². The van der Waals surface area contributed by atoms with Crippen molar-refractivity contribution in [1.82, 2.24) is 14.8 Å². The van der Waals surface area contributed by atoms with Gasteiger partial charge in [-0.05, 0) is 61.7 Å². The lowest BCUT2D eigenvalue weighted by atomic mass is 9.87. The lowest BCUT2D eigenvalue weighted by Gasteiger charge is -2.42. The molecule has 1 amide bonds. The van der Waals surface area contributed by atoms with Crippen molar-refractivity contribution in [3.63, 3.8) is 0 Å². The normalized spacial score (nSPS) is 22.8. The summed E-state index contributed by atoms with van der Waals surface area (Å²) in [5, 5.41) is 19.5. The van der Waals surface area contributed by atoms with E-state index >= 15 is 0 Å². The Balaban J connectivity index is 1.80. The molecule has 3 rings (SSSR count). The molecule has 29 heavy (non-hydrogen) atoms. The van der Waals surface area contributed by atoms with Gasteiger partial charge in [0.25, 0.3) is 5.91 Å². The van der Waals surface area contributed by atoms with Crippen LogP contribution in [0.1, 0.15) is 25.3 Å². The van der Waals surface area contributed by atoms with E-state index in [9.17, 15) is 18.3 Å². The number of sulfonamides is 1. The van der Waals surface area contributed by atoms with Crippen LogP contribution in [0, 0.1) is 0 Å². The first-order valence-electron chi connectivity index (χ1n) is 9.05. The highest BCUT2D eigenvalue weighted by Gasteiger charge is 2.49. The van der Waals surface area contributed by atoms with Gasteiger partial charge >= 0.3 is 0 Å². The molecule has 1 aliphatic rings. The zero-order valence-electron chi connectivity index (χ0n) is 15.9. The Morgan fingerprint density at radius 3 is 2.55 bits per heavy atom. The summed E-state index contributed by atoms with van der Waals surface area (Å²) < 4.78 is 32.8. The van der Waals surface area contributed by atoms with E-state index in [-0.39, 0.29) is 17.9 Å². The van der Waals surface area contributed by atoms with Crippen molar-refractivity contribution < 1.29 is 28.3 Å². The zero-order chi connectivity index (χ0) is 21.1. The number of carbonyl (C=O) groups is 1. The standard InChI is InChI=1S/C19H23N3O6S/c1-19(24)9-2-12-22(17(19)18(23)21-25)29(26,27)16-5-3-15(4-6-16)28-13-14-7-10-20-11-8-14/h3-8,10-11,17,24-25H,2,9,12-13H2,1H3,(H,21,23)/t17-,19?/m1/s1. The molecule has 10 heteroatoms. The summed E-state index contributed by atoms with van der Waals surface area (Å²) in [6.45, 7) is 1.74. The molecule has 1 fully saturated rings. The van der Waals surface area contributed by atoms with Crippen molar-refractivity contribution in [3.8, 4) is 5.75 Å². The molecular weight excluding hydrogens is 398 g/mol. The van der Waals surface area contributed by atoms with Crippen LogP contribution in [0.25, 0.3) is 0 Å². The second kappa shape index (κ2) is 8.46. The van der Waals surface area contributed by atoms with Crippen LogP contribution in [-0.2, 0) is 21.4 Å². The van der Waals surface area contributed by atoms with Crippen LogP contribution < -0.4 is 10.2 Å². The number of nitrogens with zero attached hydrogens (tertiary/aromatic N) is 2. The molecule has 1 unspecified atom stereocenters. The molecule has 9 nitrogen and oxygen atoms in total. The highest BCUT2D eigenvalue weighted by molar-refractivity contribution is 7.89. The number of hydroxylamine groups is 1. The van der Waals surface area contributed by atoms with E-state index in [4.69, 9.17) is 9.94 Å². The van der Waals surface area contributed by atoms with Crippen molar-refractivity contribution in [1.29, 1.82) is 0 Å². The fourth-order valence-corrected chi connectivity index (χ4v) is 5.11. The monoisotopic (exact) mass is 421 g/mol. The van der Waals surface area contributed by atoms with Crippen LogP contribution in [0.3, 0.4) is 0 Å². The zero-order valence-corrected chi connectivity index (χ0v) is 16.7. The molecule has 2 aromatic rings. The average Bonchev–Trinajstić information content (AvgIpc) is 2.72. The second-order valence-electron chi connectivity index (χ2n) is 7.07. The van der Waals surface area contributed by atoms with Gasteiger partial charge in [-0.2, -0.15) is 4.31 Å². The van der Waals surface area contributed by atoms with Crippen molar-refractivity contribution >= 4 is 15.9 Å². The van der Waals surface area contributed by atoms with Gasteiger partial charge in [0.15, 0.2) is 0 Å². The van der Waals surface area contributed by atoms with Crippen LogP contribution >= 0.6 is 0 Å². The van der Waals surface area contributed by atoms with E-state index in [2.05, 4.69) is 4.98 Å². The number of carbonyl (C=O) groups excluding carboxylic acids is 1. The number of ether oxygens (including phenoxy) is 1. The number of hydrogen-bond acceptors (Lipinski definition) is 7. The lowest BCUT2D eigenvalue weighted by Crippen LogP contribution is -2.62. The minimum absolute atomic E-state index is 0.0396. The number of aliphatic hydroxyl groups is 1. The topological polar surface area (TPSA) is 129 Å². The second-order valence-corrected chi connectivity index (χ2v) is 8.96. The van der Waals surface area contributed by atoms with E-state index < -0.39 is 27.6 Å². The summed E-state index contributed by atoms with van der Waals surface area (Å²) in [6, 6.07) is 8.01. The largest absolute Gasteiger partial charge is 0.489 e. The van der Waals surface area contributed by atoms with E-state index in [1.54, 1.807) is 12.4 Å². The Hall–Kier alpha value is -2.53. The third-order valence-corrected chi connectivity index (χ3v) is 6.76. The first-order valence-corrected chi connectivity index (χ1v) is 10.5. The van der Waals surface area contributed by atoms with E-state index in [0.717, 1.165) is 9.87 Å². The third-order valence-electron chi connectivity index (χ3n) is 4.88. The first kappa shape index (κ1) is 21.2. The number of hydrogen-bond donors (Lipinski definition) is 3. The molecular formula is C19H23N3O6S. The molecule has 0 spiro atoms. The quantitative estimate of drug-likeness (QED) is 0.470. The number of benzene rings is 1. The van der Waals surface area contributed by atoms with Crippen LogP contribution in [-0.4, -0.2) is 52.1 Å². The molecule has 1 saturated heterocycles. The van der Waals surface area contributed by atoms with Gasteiger partial charge < -0.3 is 9.84 Å². The van der Waals surface area contributed by atoms with Crippen LogP contribution in [0.4, 0.5) is 0 Å². The van der Waals surface area contributed by atoms with Gasteiger partial charge in [0.05, 0.1) is 10.5 Å². The summed E-state index contributed by atoms with van der Waals surface area (Å²) in [5.74, 6) is -0.494. The Bertz CT molecular complexity index is 948. The number of amides is 1. The lowest BCUT2D eigenvalue weighted by molar-refractivity contribution is -0.144. The van der Waals surface area contributed by atoms with Crippen LogP contribution in [0.15, 0.2) is 53.7 Å². The summed E-state index contributed by atoms with van der Waals surface area (Å²) in [4.78, 5) is 16.0. The Kier molecular flexibility index (Phi) is 6.18. The molecule has 2 atom stereocenters. The van der Waals surface area contributed by atoms with Gasteiger partial charge in [0.2, 0.25) is 10.0 Å². The van der Waals surface area contributed by atoms with Crippen molar-refractivity contribution in [3.05, 3.63) is 54.4 Å². The molecule has 1 aromatic carbocycles. The Labute approximate surface area is 169 Å². The highest BCUT2D eigenvalue weighted by Crippen LogP contribution is 2.32. The summed E-state index contributed by atoms with van der Waals surface area (Å²) >= 11 is 0. The molecule has 2 heterocycles. The molecule has 0 bridgehead atoms. The van der Waals surface area contributed by atoms with Gasteiger partial charge in [-0.1, -0.05) is 0 Å².